The Bertz CT molecular complexity index is 682. The Kier molecular flexibility index (Phi) is 5.81. The molecule has 4 nitrogen and oxygen atoms in total. The minimum Gasteiger partial charge on any atom is -0.493 e. The molecule has 2 rings (SSSR count). The topological polar surface area (TPSA) is 50.7 Å². The lowest BCUT2D eigenvalue weighted by Crippen LogP contribution is -2.18. The third kappa shape index (κ3) is 4.00. The first-order valence-electron chi connectivity index (χ1n) is 6.62. The number of para-hydroxylation sites is 1. The molecule has 0 spiro atoms. The summed E-state index contributed by atoms with van der Waals surface area (Å²) in [6.45, 7) is 2.33. The van der Waals surface area contributed by atoms with Gasteiger partial charge in [-0.25, -0.2) is 5.43 Å². The average Bonchev–Trinajstić information content (AvgIpc) is 2.51. The average molecular weight is 337 g/mol. The van der Waals surface area contributed by atoms with E-state index in [0.29, 0.717) is 33.5 Å². The number of benzene rings is 2. The minimum atomic E-state index is -0.372. The zero-order valence-electron chi connectivity index (χ0n) is 11.8. The van der Waals surface area contributed by atoms with E-state index in [1.54, 1.807) is 42.5 Å². The molecular formula is C16H14Cl2N2O2. The molecule has 0 heterocycles. The number of carbonyl (C=O) groups is 1. The first-order chi connectivity index (χ1) is 10.6. The molecule has 0 aliphatic rings. The molecule has 0 aliphatic heterocycles. The summed E-state index contributed by atoms with van der Waals surface area (Å²) in [5, 5.41) is 4.81. The molecule has 0 radical (unpaired) electrons. The highest BCUT2D eigenvalue weighted by Crippen LogP contribution is 2.22. The van der Waals surface area contributed by atoms with Gasteiger partial charge in [-0.05, 0) is 31.2 Å². The molecule has 0 fully saturated rings. The van der Waals surface area contributed by atoms with Gasteiger partial charge in [-0.2, -0.15) is 5.10 Å². The number of carbonyl (C=O) groups excluding carboxylic acids is 1. The number of ether oxygens (including phenoxy) is 1. The van der Waals surface area contributed by atoms with Gasteiger partial charge in [-0.15, -0.1) is 0 Å². The van der Waals surface area contributed by atoms with Gasteiger partial charge >= 0.3 is 0 Å². The summed E-state index contributed by atoms with van der Waals surface area (Å²) in [7, 11) is 0. The van der Waals surface area contributed by atoms with Gasteiger partial charge in [0.15, 0.2) is 0 Å². The standard InChI is InChI=1S/C16H14Cl2N2O2/c1-2-22-15-9-4-3-6-11(15)16(21)20-19-10-12-13(17)7-5-8-14(12)18/h3-10H,2H2,1H3,(H,20,21). The van der Waals surface area contributed by atoms with Crippen LogP contribution in [0.1, 0.15) is 22.8 Å². The van der Waals surface area contributed by atoms with E-state index in [0.717, 1.165) is 0 Å². The van der Waals surface area contributed by atoms with Gasteiger partial charge < -0.3 is 4.74 Å². The number of nitrogens with zero attached hydrogens (tertiary/aromatic N) is 1. The lowest BCUT2D eigenvalue weighted by Gasteiger charge is -2.08. The van der Waals surface area contributed by atoms with E-state index in [-0.39, 0.29) is 5.91 Å². The largest absolute Gasteiger partial charge is 0.493 e. The van der Waals surface area contributed by atoms with Crippen molar-refractivity contribution in [2.45, 2.75) is 6.92 Å². The molecule has 1 N–H and O–H groups in total. The number of nitrogens with one attached hydrogen (secondary N) is 1. The first kappa shape index (κ1) is 16.3. The normalized spacial score (nSPS) is 10.7. The van der Waals surface area contributed by atoms with Crippen molar-refractivity contribution in [3.63, 3.8) is 0 Å². The molecule has 0 saturated carbocycles. The fraction of sp³-hybridized carbons (Fsp3) is 0.125. The van der Waals surface area contributed by atoms with Crippen LogP contribution >= 0.6 is 23.2 Å². The van der Waals surface area contributed by atoms with Gasteiger partial charge in [-0.3, -0.25) is 4.79 Å². The molecule has 0 aliphatic carbocycles. The van der Waals surface area contributed by atoms with E-state index < -0.39 is 0 Å². The molecule has 0 saturated heterocycles. The third-order valence-corrected chi connectivity index (χ3v) is 3.45. The van der Waals surface area contributed by atoms with E-state index in [1.807, 2.05) is 6.92 Å². The highest BCUT2D eigenvalue weighted by atomic mass is 35.5. The van der Waals surface area contributed by atoms with Crippen LogP contribution in [0.15, 0.2) is 47.6 Å². The van der Waals surface area contributed by atoms with E-state index in [9.17, 15) is 4.79 Å². The highest BCUT2D eigenvalue weighted by molar-refractivity contribution is 6.38. The van der Waals surface area contributed by atoms with Crippen LogP contribution < -0.4 is 10.2 Å². The fourth-order valence-electron chi connectivity index (χ4n) is 1.79. The second kappa shape index (κ2) is 7.82. The minimum absolute atomic E-state index is 0.372. The van der Waals surface area contributed by atoms with Crippen LogP contribution in [0.25, 0.3) is 0 Å². The number of rotatable bonds is 5. The van der Waals surface area contributed by atoms with Crippen molar-refractivity contribution in [1.82, 2.24) is 5.43 Å². The third-order valence-electron chi connectivity index (χ3n) is 2.79. The quantitative estimate of drug-likeness (QED) is 0.658. The smallest absolute Gasteiger partial charge is 0.275 e. The van der Waals surface area contributed by atoms with E-state index in [1.165, 1.54) is 6.21 Å². The molecule has 22 heavy (non-hydrogen) atoms. The maximum absolute atomic E-state index is 12.1. The predicted molar refractivity (Wildman–Crippen MR) is 89.1 cm³/mol. The molecular weight excluding hydrogens is 323 g/mol. The summed E-state index contributed by atoms with van der Waals surface area (Å²) in [6, 6.07) is 12.1. The number of hydrazone groups is 1. The van der Waals surface area contributed by atoms with Gasteiger partial charge in [0.05, 0.1) is 28.4 Å². The SMILES string of the molecule is CCOc1ccccc1C(=O)NN=Cc1c(Cl)cccc1Cl. The van der Waals surface area contributed by atoms with Crippen LogP contribution in [0.5, 0.6) is 5.75 Å². The van der Waals surface area contributed by atoms with Crippen molar-refractivity contribution in [3.8, 4) is 5.75 Å². The zero-order chi connectivity index (χ0) is 15.9. The summed E-state index contributed by atoms with van der Waals surface area (Å²) in [4.78, 5) is 12.1. The van der Waals surface area contributed by atoms with Crippen molar-refractivity contribution < 1.29 is 9.53 Å². The second-order valence-electron chi connectivity index (χ2n) is 4.26. The van der Waals surface area contributed by atoms with Crippen LogP contribution in [-0.4, -0.2) is 18.7 Å². The Morgan fingerprint density at radius 1 is 1.18 bits per heavy atom. The van der Waals surface area contributed by atoms with E-state index in [4.69, 9.17) is 27.9 Å². The van der Waals surface area contributed by atoms with E-state index >= 15 is 0 Å². The van der Waals surface area contributed by atoms with Crippen molar-refractivity contribution in [2.75, 3.05) is 6.61 Å². The molecule has 0 bridgehead atoms. The Labute approximate surface area is 138 Å². The number of amides is 1. The summed E-state index contributed by atoms with van der Waals surface area (Å²) >= 11 is 12.0. The lowest BCUT2D eigenvalue weighted by atomic mass is 10.2. The molecule has 0 aromatic heterocycles. The summed E-state index contributed by atoms with van der Waals surface area (Å²) in [5.74, 6) is 0.136. The molecule has 114 valence electrons. The molecule has 0 unspecified atom stereocenters. The van der Waals surface area contributed by atoms with Crippen molar-refractivity contribution in [3.05, 3.63) is 63.6 Å². The zero-order valence-corrected chi connectivity index (χ0v) is 13.4. The van der Waals surface area contributed by atoms with Gasteiger partial charge in [0.2, 0.25) is 0 Å². The molecule has 6 heteroatoms. The Morgan fingerprint density at radius 3 is 2.55 bits per heavy atom. The van der Waals surface area contributed by atoms with Gasteiger partial charge in [0.25, 0.3) is 5.91 Å². The van der Waals surface area contributed by atoms with Crippen LogP contribution in [0.2, 0.25) is 10.0 Å². The molecule has 2 aromatic rings. The molecule has 2 aromatic carbocycles. The first-order valence-corrected chi connectivity index (χ1v) is 7.38. The maximum Gasteiger partial charge on any atom is 0.275 e. The molecule has 0 atom stereocenters. The number of halogens is 2. The lowest BCUT2D eigenvalue weighted by molar-refractivity contribution is 0.0951. The van der Waals surface area contributed by atoms with Crippen LogP contribution in [0, 0.1) is 0 Å². The van der Waals surface area contributed by atoms with Crippen LogP contribution in [0.4, 0.5) is 0 Å². The maximum atomic E-state index is 12.1. The Morgan fingerprint density at radius 2 is 1.86 bits per heavy atom. The fourth-order valence-corrected chi connectivity index (χ4v) is 2.28. The van der Waals surface area contributed by atoms with Gasteiger partial charge in [0, 0.05) is 5.56 Å². The highest BCUT2D eigenvalue weighted by Gasteiger charge is 2.11. The Hall–Kier alpha value is -2.04. The van der Waals surface area contributed by atoms with Gasteiger partial charge in [-0.1, -0.05) is 41.4 Å². The van der Waals surface area contributed by atoms with Crippen molar-refractivity contribution in [1.29, 1.82) is 0 Å². The van der Waals surface area contributed by atoms with Crippen LogP contribution in [-0.2, 0) is 0 Å². The van der Waals surface area contributed by atoms with Gasteiger partial charge in [0.1, 0.15) is 5.75 Å². The summed E-state index contributed by atoms with van der Waals surface area (Å²) in [6.07, 6.45) is 1.41. The van der Waals surface area contributed by atoms with Crippen molar-refractivity contribution in [2.24, 2.45) is 5.10 Å². The monoisotopic (exact) mass is 336 g/mol. The summed E-state index contributed by atoms with van der Waals surface area (Å²) in [5.41, 5.74) is 3.39. The second-order valence-corrected chi connectivity index (χ2v) is 5.08. The predicted octanol–water partition coefficient (Wildman–Crippen LogP) is 4.16. The number of hydrogen-bond acceptors (Lipinski definition) is 3. The van der Waals surface area contributed by atoms with Crippen LogP contribution in [0.3, 0.4) is 0 Å². The summed E-state index contributed by atoms with van der Waals surface area (Å²) < 4.78 is 5.41. The van der Waals surface area contributed by atoms with Crippen molar-refractivity contribution >= 4 is 35.3 Å². The van der Waals surface area contributed by atoms with E-state index in [2.05, 4.69) is 10.5 Å². The molecule has 1 amide bonds. The Balaban J connectivity index is 2.12. The number of hydrogen-bond donors (Lipinski definition) is 1.